The Kier molecular flexibility index (Phi) is 5.70. The maximum absolute atomic E-state index is 13.0. The zero-order chi connectivity index (χ0) is 21.8. The molecule has 2 saturated carbocycles. The van der Waals surface area contributed by atoms with Gasteiger partial charge in [-0.25, -0.2) is 0 Å². The van der Waals surface area contributed by atoms with Crippen molar-refractivity contribution in [1.82, 2.24) is 0 Å². The zero-order valence-electron chi connectivity index (χ0n) is 19.5. The molecule has 0 saturated heterocycles. The molecule has 0 spiro atoms. The lowest BCUT2D eigenvalue weighted by Gasteiger charge is -2.52. The largest absolute Gasteiger partial charge is 0.430 e. The second-order valence-corrected chi connectivity index (χ2v) is 11.6. The van der Waals surface area contributed by atoms with Crippen LogP contribution in [0.25, 0.3) is 0 Å². The van der Waals surface area contributed by atoms with E-state index in [4.69, 9.17) is 4.74 Å². The minimum absolute atomic E-state index is 0.178. The van der Waals surface area contributed by atoms with Gasteiger partial charge in [-0.1, -0.05) is 53.9 Å². The highest BCUT2D eigenvalue weighted by atomic mass is 16.5. The third-order valence-corrected chi connectivity index (χ3v) is 9.39. The summed E-state index contributed by atoms with van der Waals surface area (Å²) < 4.78 is 5.97. The lowest BCUT2D eigenvalue weighted by molar-refractivity contribution is -0.165. The summed E-state index contributed by atoms with van der Waals surface area (Å²) in [5.74, 6) is 1.75. The minimum Gasteiger partial charge on any atom is -0.430 e. The van der Waals surface area contributed by atoms with Crippen LogP contribution in [-0.2, 0) is 14.3 Å². The molecule has 0 amide bonds. The van der Waals surface area contributed by atoms with Crippen LogP contribution in [0, 0.1) is 40.4 Å². The fourth-order valence-electron chi connectivity index (χ4n) is 7.56. The number of rotatable bonds is 5. The molecule has 0 bridgehead atoms. The van der Waals surface area contributed by atoms with Crippen LogP contribution in [-0.4, -0.2) is 23.0 Å². The van der Waals surface area contributed by atoms with E-state index in [1.165, 1.54) is 31.3 Å². The Morgan fingerprint density at radius 1 is 1.07 bits per heavy atom. The zero-order valence-corrected chi connectivity index (χ0v) is 19.5. The minimum atomic E-state index is -1.02. The standard InChI is InChI=1S/C26H40O4/c1-15(2)7-6-8-16(3)17-9-10-18-23-19(11-13-25(17,18)4)26(5)14-12-20(27)22(28)21(26)24(29)30-23/h15-18,20-21,27H,6-14H2,1-5H3/t16-,17-,18+,20?,21-,25-,26-/m1/s1. The molecule has 0 aromatic carbocycles. The molecule has 0 aromatic heterocycles. The summed E-state index contributed by atoms with van der Waals surface area (Å²) in [7, 11) is 0. The summed E-state index contributed by atoms with van der Waals surface area (Å²) in [6.45, 7) is 11.5. The van der Waals surface area contributed by atoms with E-state index in [0.717, 1.165) is 30.9 Å². The summed E-state index contributed by atoms with van der Waals surface area (Å²) in [6, 6.07) is 0. The number of allylic oxidation sites excluding steroid dienone is 2. The number of hydrogen-bond acceptors (Lipinski definition) is 4. The topological polar surface area (TPSA) is 63.6 Å². The Labute approximate surface area is 181 Å². The van der Waals surface area contributed by atoms with Gasteiger partial charge in [0, 0.05) is 11.3 Å². The highest BCUT2D eigenvalue weighted by molar-refractivity contribution is 6.04. The number of hydrogen-bond donors (Lipinski definition) is 1. The van der Waals surface area contributed by atoms with Gasteiger partial charge >= 0.3 is 5.97 Å². The van der Waals surface area contributed by atoms with Crippen LogP contribution in [0.1, 0.15) is 92.4 Å². The van der Waals surface area contributed by atoms with Gasteiger partial charge in [0.05, 0.1) is 0 Å². The van der Waals surface area contributed by atoms with Gasteiger partial charge in [0.15, 0.2) is 5.78 Å². The van der Waals surface area contributed by atoms with Gasteiger partial charge in [-0.2, -0.15) is 0 Å². The normalized spacial score (nSPS) is 42.0. The predicted octanol–water partition coefficient (Wildman–Crippen LogP) is 5.43. The van der Waals surface area contributed by atoms with Gasteiger partial charge in [-0.3, -0.25) is 9.59 Å². The molecule has 1 unspecified atom stereocenters. The summed E-state index contributed by atoms with van der Waals surface area (Å²) in [5.41, 5.74) is 0.920. The fraction of sp³-hybridized carbons (Fsp3) is 0.846. The van der Waals surface area contributed by atoms with Crippen molar-refractivity contribution in [3.63, 3.8) is 0 Å². The molecule has 0 aromatic rings. The fourth-order valence-corrected chi connectivity index (χ4v) is 7.56. The summed E-state index contributed by atoms with van der Waals surface area (Å²) >= 11 is 0. The smallest absolute Gasteiger partial charge is 0.322 e. The van der Waals surface area contributed by atoms with E-state index in [-0.39, 0.29) is 11.2 Å². The maximum atomic E-state index is 13.0. The van der Waals surface area contributed by atoms with E-state index >= 15 is 0 Å². The molecule has 4 rings (SSSR count). The predicted molar refractivity (Wildman–Crippen MR) is 116 cm³/mol. The van der Waals surface area contributed by atoms with Gasteiger partial charge in [0.25, 0.3) is 0 Å². The Morgan fingerprint density at radius 3 is 2.50 bits per heavy atom. The molecule has 4 heteroatoms. The molecule has 3 aliphatic carbocycles. The molecule has 4 nitrogen and oxygen atoms in total. The monoisotopic (exact) mass is 416 g/mol. The molecule has 30 heavy (non-hydrogen) atoms. The van der Waals surface area contributed by atoms with E-state index in [2.05, 4.69) is 34.6 Å². The lowest BCUT2D eigenvalue weighted by Crippen LogP contribution is -2.54. The van der Waals surface area contributed by atoms with E-state index in [9.17, 15) is 14.7 Å². The highest BCUT2D eigenvalue weighted by Gasteiger charge is 2.61. The van der Waals surface area contributed by atoms with Crippen molar-refractivity contribution in [2.75, 3.05) is 0 Å². The second-order valence-electron chi connectivity index (χ2n) is 11.6. The first-order valence-corrected chi connectivity index (χ1v) is 12.3. The van der Waals surface area contributed by atoms with Crippen molar-refractivity contribution in [3.05, 3.63) is 11.3 Å². The maximum Gasteiger partial charge on any atom is 0.322 e. The van der Waals surface area contributed by atoms with Crippen molar-refractivity contribution in [2.45, 2.75) is 98.5 Å². The van der Waals surface area contributed by atoms with E-state index in [1.54, 1.807) is 0 Å². The second kappa shape index (κ2) is 7.76. The Balaban J connectivity index is 1.60. The molecule has 1 heterocycles. The van der Waals surface area contributed by atoms with Gasteiger partial charge < -0.3 is 9.84 Å². The average molecular weight is 417 g/mol. The molecule has 1 aliphatic heterocycles. The highest BCUT2D eigenvalue weighted by Crippen LogP contribution is 2.64. The number of ketones is 1. The molecule has 168 valence electrons. The molecule has 7 atom stereocenters. The first kappa shape index (κ1) is 22.0. The third-order valence-electron chi connectivity index (χ3n) is 9.39. The molecule has 2 fully saturated rings. The summed E-state index contributed by atoms with van der Waals surface area (Å²) in [5, 5.41) is 10.1. The van der Waals surface area contributed by atoms with Gasteiger partial charge in [0.1, 0.15) is 17.8 Å². The first-order valence-electron chi connectivity index (χ1n) is 12.3. The summed E-state index contributed by atoms with van der Waals surface area (Å²) in [4.78, 5) is 25.6. The number of Topliss-reactive ketones (excluding diaryl/α,β-unsaturated/α-hetero) is 1. The van der Waals surface area contributed by atoms with Crippen LogP contribution in [0.2, 0.25) is 0 Å². The SMILES string of the molecule is CC(C)CCC[C@@H](C)[C@H]1CC[C@H]2C3=C(CC[C@]12C)[C@@]1(C)CCC(O)C(=O)[C@@H]1C(=O)O3. The molecular formula is C26H40O4. The van der Waals surface area contributed by atoms with Crippen molar-refractivity contribution in [2.24, 2.45) is 40.4 Å². The van der Waals surface area contributed by atoms with Crippen molar-refractivity contribution in [3.8, 4) is 0 Å². The number of esters is 1. The number of carbonyl (C=O) groups is 2. The van der Waals surface area contributed by atoms with E-state index < -0.39 is 23.4 Å². The van der Waals surface area contributed by atoms with Crippen molar-refractivity contribution >= 4 is 11.8 Å². The van der Waals surface area contributed by atoms with Crippen LogP contribution >= 0.6 is 0 Å². The van der Waals surface area contributed by atoms with Gasteiger partial charge in [-0.05, 0) is 67.3 Å². The van der Waals surface area contributed by atoms with E-state index in [0.29, 0.717) is 30.6 Å². The number of carbonyl (C=O) groups excluding carboxylic acids is 2. The molecule has 0 radical (unpaired) electrons. The van der Waals surface area contributed by atoms with E-state index in [1.807, 2.05) is 0 Å². The first-order chi connectivity index (χ1) is 14.1. The number of aliphatic hydroxyl groups is 1. The van der Waals surface area contributed by atoms with Crippen LogP contribution in [0.4, 0.5) is 0 Å². The number of ether oxygens (including phenoxy) is 1. The average Bonchev–Trinajstić information content (AvgIpc) is 3.02. The quantitative estimate of drug-likeness (QED) is 0.479. The van der Waals surface area contributed by atoms with Gasteiger partial charge in [0.2, 0.25) is 0 Å². The third kappa shape index (κ3) is 3.29. The Hall–Kier alpha value is -1.16. The van der Waals surface area contributed by atoms with Crippen LogP contribution in [0.5, 0.6) is 0 Å². The molecule has 4 aliphatic rings. The molecule has 1 N–H and O–H groups in total. The Bertz CT molecular complexity index is 752. The van der Waals surface area contributed by atoms with Crippen LogP contribution < -0.4 is 0 Å². The number of fused-ring (bicyclic) bond motifs is 4. The van der Waals surface area contributed by atoms with Crippen LogP contribution in [0.15, 0.2) is 11.3 Å². The van der Waals surface area contributed by atoms with Crippen molar-refractivity contribution in [1.29, 1.82) is 0 Å². The Morgan fingerprint density at radius 2 is 1.80 bits per heavy atom. The molecular weight excluding hydrogens is 376 g/mol. The number of aliphatic hydroxyl groups excluding tert-OH is 1. The van der Waals surface area contributed by atoms with Crippen molar-refractivity contribution < 1.29 is 19.4 Å². The van der Waals surface area contributed by atoms with Gasteiger partial charge in [-0.15, -0.1) is 0 Å². The lowest BCUT2D eigenvalue weighted by atomic mass is 9.54. The summed E-state index contributed by atoms with van der Waals surface area (Å²) in [6.07, 6.45) is 8.32. The van der Waals surface area contributed by atoms with Crippen LogP contribution in [0.3, 0.4) is 0 Å².